The van der Waals surface area contributed by atoms with E-state index in [0.717, 1.165) is 23.5 Å². The van der Waals surface area contributed by atoms with Crippen LogP contribution in [0.15, 0.2) is 54.6 Å². The van der Waals surface area contributed by atoms with Crippen molar-refractivity contribution in [2.24, 2.45) is 0 Å². The largest absolute Gasteiger partial charge is 0.457 e. The van der Waals surface area contributed by atoms with Crippen LogP contribution in [-0.2, 0) is 0 Å². The Morgan fingerprint density at radius 3 is 2.11 bits per heavy atom. The zero-order valence-corrected chi connectivity index (χ0v) is 10.5. The van der Waals surface area contributed by atoms with Crippen LogP contribution >= 0.6 is 0 Å². The molecular weight excluding hydrogens is 224 g/mol. The van der Waals surface area contributed by atoms with Crippen molar-refractivity contribution in [1.82, 2.24) is 0 Å². The minimum absolute atomic E-state index is 0.190. The Hall–Kier alpha value is -1.80. The van der Waals surface area contributed by atoms with Gasteiger partial charge in [0.05, 0.1) is 0 Å². The summed E-state index contributed by atoms with van der Waals surface area (Å²) in [6.07, 6.45) is 0.940. The zero-order valence-electron chi connectivity index (χ0n) is 10.5. The molecule has 0 heterocycles. The molecule has 2 aromatic carbocycles. The number of rotatable bonds is 5. The van der Waals surface area contributed by atoms with E-state index in [0.29, 0.717) is 0 Å². The van der Waals surface area contributed by atoms with Gasteiger partial charge in [0.15, 0.2) is 0 Å². The molecule has 1 unspecified atom stereocenters. The second-order valence-corrected chi connectivity index (χ2v) is 4.27. The normalized spacial score (nSPS) is 12.1. The molecule has 0 spiro atoms. The number of ether oxygens (including phenoxy) is 1. The number of hydrogen-bond donors (Lipinski definition) is 1. The first-order valence-corrected chi connectivity index (χ1v) is 6.27. The molecule has 2 aromatic rings. The molecule has 0 aliphatic carbocycles. The highest BCUT2D eigenvalue weighted by atomic mass is 16.5. The van der Waals surface area contributed by atoms with Gasteiger partial charge in [-0.25, -0.2) is 0 Å². The zero-order chi connectivity index (χ0) is 12.8. The van der Waals surface area contributed by atoms with Crippen LogP contribution in [0.3, 0.4) is 0 Å². The molecule has 2 heteroatoms. The van der Waals surface area contributed by atoms with Crippen molar-refractivity contribution >= 4 is 0 Å². The van der Waals surface area contributed by atoms with E-state index < -0.39 is 0 Å². The fraction of sp³-hybridized carbons (Fsp3) is 0.250. The predicted octanol–water partition coefficient (Wildman–Crippen LogP) is 3.96. The minimum Gasteiger partial charge on any atom is -0.457 e. The third kappa shape index (κ3) is 3.11. The maximum Gasteiger partial charge on any atom is 0.127 e. The molecule has 1 atom stereocenters. The van der Waals surface area contributed by atoms with Crippen molar-refractivity contribution in [2.75, 3.05) is 6.61 Å². The number of para-hydroxylation sites is 1. The van der Waals surface area contributed by atoms with Crippen LogP contribution in [0.2, 0.25) is 0 Å². The first-order valence-electron chi connectivity index (χ1n) is 6.27. The Bertz CT molecular complexity index is 458. The second kappa shape index (κ2) is 6.22. The number of benzene rings is 2. The summed E-state index contributed by atoms with van der Waals surface area (Å²) in [5.41, 5.74) is 1.15. The van der Waals surface area contributed by atoms with Crippen LogP contribution in [0, 0.1) is 0 Å². The molecule has 0 radical (unpaired) electrons. The summed E-state index contributed by atoms with van der Waals surface area (Å²) in [7, 11) is 0. The van der Waals surface area contributed by atoms with Crippen LogP contribution in [0.25, 0.3) is 0 Å². The summed E-state index contributed by atoms with van der Waals surface area (Å²) >= 11 is 0. The summed E-state index contributed by atoms with van der Waals surface area (Å²) in [4.78, 5) is 0. The van der Waals surface area contributed by atoms with E-state index in [9.17, 15) is 5.11 Å². The highest BCUT2D eigenvalue weighted by Crippen LogP contribution is 2.25. The Morgan fingerprint density at radius 2 is 1.56 bits per heavy atom. The van der Waals surface area contributed by atoms with Gasteiger partial charge in [0.2, 0.25) is 0 Å². The van der Waals surface area contributed by atoms with Gasteiger partial charge in [0.1, 0.15) is 11.5 Å². The molecule has 0 aliphatic rings. The first kappa shape index (κ1) is 12.7. The predicted molar refractivity (Wildman–Crippen MR) is 73.1 cm³/mol. The SMILES string of the molecule is CCC(CO)c1ccc(Oc2ccccc2)cc1. The van der Waals surface area contributed by atoms with Crippen LogP contribution in [0.4, 0.5) is 0 Å². The standard InChI is InChI=1S/C16H18O2/c1-2-13(12-17)14-8-10-16(11-9-14)18-15-6-4-3-5-7-15/h3-11,13,17H,2,12H2,1H3. The van der Waals surface area contributed by atoms with E-state index in [1.165, 1.54) is 0 Å². The topological polar surface area (TPSA) is 29.5 Å². The summed E-state index contributed by atoms with van der Waals surface area (Å²) in [5.74, 6) is 1.87. The third-order valence-electron chi connectivity index (χ3n) is 3.04. The maximum absolute atomic E-state index is 9.25. The van der Waals surface area contributed by atoms with Gasteiger partial charge in [-0.3, -0.25) is 0 Å². The Balaban J connectivity index is 2.08. The van der Waals surface area contributed by atoms with E-state index >= 15 is 0 Å². The van der Waals surface area contributed by atoms with E-state index in [-0.39, 0.29) is 12.5 Å². The molecule has 0 bridgehead atoms. The van der Waals surface area contributed by atoms with Gasteiger partial charge in [0, 0.05) is 12.5 Å². The lowest BCUT2D eigenvalue weighted by Gasteiger charge is -2.12. The van der Waals surface area contributed by atoms with Gasteiger partial charge in [-0.2, -0.15) is 0 Å². The van der Waals surface area contributed by atoms with Gasteiger partial charge >= 0.3 is 0 Å². The summed E-state index contributed by atoms with van der Waals surface area (Å²) in [5, 5.41) is 9.25. The number of aliphatic hydroxyl groups excluding tert-OH is 1. The fourth-order valence-electron chi connectivity index (χ4n) is 1.90. The van der Waals surface area contributed by atoms with Crippen molar-refractivity contribution in [2.45, 2.75) is 19.3 Å². The van der Waals surface area contributed by atoms with Crippen LogP contribution in [0.1, 0.15) is 24.8 Å². The molecule has 0 fully saturated rings. The third-order valence-corrected chi connectivity index (χ3v) is 3.04. The average Bonchev–Trinajstić information content (AvgIpc) is 2.43. The van der Waals surface area contributed by atoms with Crippen molar-refractivity contribution < 1.29 is 9.84 Å². The Kier molecular flexibility index (Phi) is 4.37. The smallest absolute Gasteiger partial charge is 0.127 e. The lowest BCUT2D eigenvalue weighted by molar-refractivity contribution is 0.262. The Labute approximate surface area is 108 Å². The molecule has 2 nitrogen and oxygen atoms in total. The van der Waals surface area contributed by atoms with Crippen molar-refractivity contribution in [3.63, 3.8) is 0 Å². The van der Waals surface area contributed by atoms with Crippen LogP contribution < -0.4 is 4.74 Å². The molecule has 0 amide bonds. The van der Waals surface area contributed by atoms with Crippen LogP contribution in [0.5, 0.6) is 11.5 Å². The summed E-state index contributed by atoms with van der Waals surface area (Å²) in [6.45, 7) is 2.27. The van der Waals surface area contributed by atoms with Gasteiger partial charge in [0.25, 0.3) is 0 Å². The molecular formula is C16H18O2. The quantitative estimate of drug-likeness (QED) is 0.859. The monoisotopic (exact) mass is 242 g/mol. The highest BCUT2D eigenvalue weighted by molar-refractivity contribution is 5.34. The lowest BCUT2D eigenvalue weighted by atomic mass is 9.97. The molecule has 2 rings (SSSR count). The van der Waals surface area contributed by atoms with Gasteiger partial charge < -0.3 is 9.84 Å². The summed E-state index contributed by atoms with van der Waals surface area (Å²) < 4.78 is 5.72. The molecule has 0 saturated heterocycles. The molecule has 0 saturated carbocycles. The summed E-state index contributed by atoms with van der Waals surface area (Å²) in [6, 6.07) is 17.6. The number of aliphatic hydroxyl groups is 1. The Morgan fingerprint density at radius 1 is 0.944 bits per heavy atom. The molecule has 94 valence electrons. The van der Waals surface area contributed by atoms with Gasteiger partial charge in [-0.05, 0) is 36.2 Å². The van der Waals surface area contributed by atoms with Crippen LogP contribution in [-0.4, -0.2) is 11.7 Å². The van der Waals surface area contributed by atoms with E-state index in [2.05, 4.69) is 6.92 Å². The second-order valence-electron chi connectivity index (χ2n) is 4.27. The van der Waals surface area contributed by atoms with E-state index in [4.69, 9.17) is 4.74 Å². The van der Waals surface area contributed by atoms with Crippen molar-refractivity contribution in [1.29, 1.82) is 0 Å². The maximum atomic E-state index is 9.25. The van der Waals surface area contributed by atoms with Gasteiger partial charge in [-0.15, -0.1) is 0 Å². The first-order chi connectivity index (χ1) is 8.83. The molecule has 0 aliphatic heterocycles. The number of hydrogen-bond acceptors (Lipinski definition) is 2. The van der Waals surface area contributed by atoms with E-state index in [1.807, 2.05) is 54.6 Å². The highest BCUT2D eigenvalue weighted by Gasteiger charge is 2.07. The van der Waals surface area contributed by atoms with Gasteiger partial charge in [-0.1, -0.05) is 37.3 Å². The molecule has 0 aromatic heterocycles. The van der Waals surface area contributed by atoms with Crippen molar-refractivity contribution in [3.8, 4) is 11.5 Å². The lowest BCUT2D eigenvalue weighted by Crippen LogP contribution is -2.02. The fourth-order valence-corrected chi connectivity index (χ4v) is 1.90. The van der Waals surface area contributed by atoms with E-state index in [1.54, 1.807) is 0 Å². The average molecular weight is 242 g/mol. The molecule has 18 heavy (non-hydrogen) atoms. The molecule has 1 N–H and O–H groups in total. The minimum atomic E-state index is 0.190. The van der Waals surface area contributed by atoms with Crippen molar-refractivity contribution in [3.05, 3.63) is 60.2 Å².